The molecule has 11 atom stereocenters. The van der Waals surface area contributed by atoms with E-state index in [1.54, 1.807) is 62.3 Å². The fraction of sp³-hybridized carbons (Fsp3) is 0.620. The van der Waals surface area contributed by atoms with Crippen molar-refractivity contribution in [3.05, 3.63) is 91.7 Å². The van der Waals surface area contributed by atoms with Crippen molar-refractivity contribution in [1.82, 2.24) is 26.2 Å². The fourth-order valence-corrected chi connectivity index (χ4v) is 8.37. The first kappa shape index (κ1) is 61.7. The maximum Gasteiger partial charge on any atom is 0.410 e. The van der Waals surface area contributed by atoms with Gasteiger partial charge < -0.3 is 84.1 Å². The monoisotopic (exact) mass is 1110 g/mol. The molecule has 2 aromatic rings. The van der Waals surface area contributed by atoms with Crippen LogP contribution in [0.4, 0.5) is 35.3 Å². The summed E-state index contributed by atoms with van der Waals surface area (Å²) in [6, 6.07) is 5.32. The first-order chi connectivity index (χ1) is 36.2. The SMILES string of the molecule is CN(C(=O)OC(C)(C)C)[C@@H]1[C@@H](O)[C@@H](O[C@@H]2[C@@H](O)[C@H](O[C@H]3OC(CNC(=O)OCc4ccc([N+](=O)[O-])cc4)=CC[C@H]3NC(=O)OCc3ccc([N+](=O)[O-])cc3)[C@@H](NC(=O)OC(C)(C)C)C[C@H]2NC(=O)OC(C)(C)C)OC[C@]1(C)O. The zero-order valence-electron chi connectivity index (χ0n) is 45.2. The molecule has 0 unspecified atom stereocenters. The molecule has 0 spiro atoms. The van der Waals surface area contributed by atoms with Crippen LogP contribution in [0.5, 0.6) is 0 Å². The van der Waals surface area contributed by atoms with Crippen LogP contribution in [0.25, 0.3) is 0 Å². The molecular weight excluding hydrogens is 1030 g/mol. The minimum Gasteiger partial charge on any atom is -0.465 e. The topological polar surface area (TPSA) is 367 Å². The van der Waals surface area contributed by atoms with Crippen LogP contribution in [-0.4, -0.2) is 164 Å². The van der Waals surface area contributed by atoms with Crippen LogP contribution < -0.4 is 21.3 Å². The molecule has 28 nitrogen and oxygen atoms in total. The molecule has 2 fully saturated rings. The number of ether oxygens (including phenoxy) is 9. The number of benzene rings is 2. The molecule has 28 heteroatoms. The number of aliphatic hydroxyl groups excluding tert-OH is 2. The number of nitrogens with zero attached hydrogens (tertiary/aromatic N) is 3. The van der Waals surface area contributed by atoms with Crippen molar-refractivity contribution >= 4 is 41.8 Å². The minimum atomic E-state index is -1.96. The van der Waals surface area contributed by atoms with Crippen LogP contribution >= 0.6 is 0 Å². The number of likely N-dealkylation sites (N-methyl/N-ethyl adjacent to an activating group) is 1. The first-order valence-corrected chi connectivity index (χ1v) is 24.8. The highest BCUT2D eigenvalue weighted by Gasteiger charge is 2.55. The molecule has 78 heavy (non-hydrogen) atoms. The van der Waals surface area contributed by atoms with Gasteiger partial charge in [0.15, 0.2) is 6.29 Å². The fourth-order valence-electron chi connectivity index (χ4n) is 8.37. The van der Waals surface area contributed by atoms with E-state index in [4.69, 9.17) is 42.6 Å². The summed E-state index contributed by atoms with van der Waals surface area (Å²) in [4.78, 5) is 88.9. The molecule has 5 rings (SSSR count). The van der Waals surface area contributed by atoms with E-state index in [-0.39, 0.29) is 49.7 Å². The number of hydrogen-bond donors (Lipinski definition) is 7. The lowest BCUT2D eigenvalue weighted by Gasteiger charge is -2.50. The number of carbonyl (C=O) groups is 5. The standard InChI is InChI=1S/C50H71N7O21/c1-47(2,3)76-44(62)53-33-22-34(54-45(63)77-48(4,5)6)38(75-41-36(59)39(50(10,65)26-72-41)55(11)46(64)78-49(7,8)9)35(58)37(33)74-40-32(52-43(61)71-25-28-14-18-30(19-15-28)57(68)69)21-20-31(73-40)23-51-42(60)70-24-27-12-16-29(17-13-27)56(66)67/h12-20,32-41,58-59,65H,21-26H2,1-11H3,(H,51,60)(H,52,61)(H,53,62)(H,54,63)/t32-,33+,34-,35+,36-,37-,38+,39-,40-,41-,50+/m1/s1. The predicted octanol–water partition coefficient (Wildman–Crippen LogP) is 4.68. The summed E-state index contributed by atoms with van der Waals surface area (Å²) >= 11 is 0. The van der Waals surface area contributed by atoms with E-state index in [1.807, 2.05) is 0 Å². The van der Waals surface area contributed by atoms with Crippen molar-refractivity contribution in [3.8, 4) is 0 Å². The van der Waals surface area contributed by atoms with Crippen LogP contribution in [0, 0.1) is 20.2 Å². The van der Waals surface area contributed by atoms with Crippen molar-refractivity contribution in [2.24, 2.45) is 0 Å². The third-order valence-corrected chi connectivity index (χ3v) is 11.8. The van der Waals surface area contributed by atoms with Crippen LogP contribution in [-0.2, 0) is 55.8 Å². The van der Waals surface area contributed by atoms with Gasteiger partial charge in [0.1, 0.15) is 65.8 Å². The minimum absolute atomic E-state index is 0.0507. The van der Waals surface area contributed by atoms with E-state index in [9.17, 15) is 59.5 Å². The van der Waals surface area contributed by atoms with Gasteiger partial charge in [-0.15, -0.1) is 0 Å². The van der Waals surface area contributed by atoms with E-state index >= 15 is 0 Å². The quantitative estimate of drug-likeness (QED) is 0.0681. The number of nitro groups is 2. The summed E-state index contributed by atoms with van der Waals surface area (Å²) in [5.74, 6) is 0.0507. The summed E-state index contributed by atoms with van der Waals surface area (Å²) < 4.78 is 52.4. The van der Waals surface area contributed by atoms with Crippen LogP contribution in [0.3, 0.4) is 0 Å². The Kier molecular flexibility index (Phi) is 20.2. The second kappa shape index (κ2) is 25.6. The molecule has 1 aliphatic carbocycles. The van der Waals surface area contributed by atoms with Crippen molar-refractivity contribution in [1.29, 1.82) is 0 Å². The number of rotatable bonds is 16. The maximum absolute atomic E-state index is 13.6. The van der Waals surface area contributed by atoms with E-state index < -0.39 is 130 Å². The van der Waals surface area contributed by atoms with Gasteiger partial charge in [-0.1, -0.05) is 0 Å². The van der Waals surface area contributed by atoms with Gasteiger partial charge in [-0.25, -0.2) is 24.0 Å². The molecule has 2 heterocycles. The lowest BCUT2D eigenvalue weighted by Crippen LogP contribution is -2.70. The van der Waals surface area contributed by atoms with Crippen molar-refractivity contribution < 1.29 is 91.8 Å². The number of nitro benzene ring substituents is 2. The largest absolute Gasteiger partial charge is 0.465 e. The van der Waals surface area contributed by atoms with Gasteiger partial charge in [0.05, 0.1) is 47.2 Å². The summed E-state index contributed by atoms with van der Waals surface area (Å²) in [6.45, 7) is 14.4. The second-order valence-electron chi connectivity index (χ2n) is 22.0. The first-order valence-electron chi connectivity index (χ1n) is 24.8. The van der Waals surface area contributed by atoms with E-state index in [1.165, 1.54) is 68.6 Å². The van der Waals surface area contributed by atoms with Crippen LogP contribution in [0.2, 0.25) is 0 Å². The summed E-state index contributed by atoms with van der Waals surface area (Å²) in [5.41, 5.74) is -4.45. The Hall–Kier alpha value is -7.11. The van der Waals surface area contributed by atoms with Crippen molar-refractivity contribution in [2.75, 3.05) is 20.2 Å². The molecule has 0 bridgehead atoms. The average Bonchev–Trinajstić information content (AvgIpc) is 3.31. The molecule has 2 aromatic carbocycles. The maximum atomic E-state index is 13.6. The summed E-state index contributed by atoms with van der Waals surface area (Å²) in [7, 11) is 1.29. The highest BCUT2D eigenvalue weighted by molar-refractivity contribution is 5.70. The van der Waals surface area contributed by atoms with E-state index in [2.05, 4.69) is 21.3 Å². The smallest absolute Gasteiger partial charge is 0.410 e. The van der Waals surface area contributed by atoms with Crippen LogP contribution in [0.1, 0.15) is 93.2 Å². The van der Waals surface area contributed by atoms with Gasteiger partial charge >= 0.3 is 30.5 Å². The molecule has 0 aromatic heterocycles. The lowest BCUT2D eigenvalue weighted by molar-refractivity contribution is -0.385. The van der Waals surface area contributed by atoms with Crippen LogP contribution in [0.15, 0.2) is 60.4 Å². The number of aliphatic hydroxyl groups is 3. The Morgan fingerprint density at radius 1 is 0.679 bits per heavy atom. The van der Waals surface area contributed by atoms with Crippen molar-refractivity contribution in [3.63, 3.8) is 0 Å². The van der Waals surface area contributed by atoms with Gasteiger partial charge in [-0.05, 0) is 124 Å². The number of hydrogen-bond acceptors (Lipinski definition) is 21. The second-order valence-corrected chi connectivity index (χ2v) is 22.0. The predicted molar refractivity (Wildman–Crippen MR) is 270 cm³/mol. The number of non-ortho nitro benzene ring substituents is 2. The Morgan fingerprint density at radius 2 is 1.13 bits per heavy atom. The van der Waals surface area contributed by atoms with Gasteiger partial charge in [0, 0.05) is 31.3 Å². The Labute approximate surface area is 449 Å². The number of alkyl carbamates (subject to hydrolysis) is 4. The molecule has 1 saturated carbocycles. The third-order valence-electron chi connectivity index (χ3n) is 11.8. The molecule has 432 valence electrons. The Morgan fingerprint density at radius 3 is 1.59 bits per heavy atom. The van der Waals surface area contributed by atoms with E-state index in [0.717, 1.165) is 4.90 Å². The molecule has 0 radical (unpaired) electrons. The lowest BCUT2D eigenvalue weighted by atomic mass is 9.83. The average molecular weight is 1110 g/mol. The molecule has 5 amide bonds. The van der Waals surface area contributed by atoms with Gasteiger partial charge in [0.2, 0.25) is 6.29 Å². The highest BCUT2D eigenvalue weighted by atomic mass is 16.7. The summed E-state index contributed by atoms with van der Waals surface area (Å²) in [6.07, 6.45) is -14.2. The van der Waals surface area contributed by atoms with Crippen molar-refractivity contribution in [2.45, 2.75) is 179 Å². The highest BCUT2D eigenvalue weighted by Crippen LogP contribution is 2.35. The zero-order chi connectivity index (χ0) is 58.1. The normalized spacial score (nSPS) is 26.3. The Bertz CT molecular complexity index is 2470. The van der Waals surface area contributed by atoms with Gasteiger partial charge in [-0.2, -0.15) is 0 Å². The molecule has 7 N–H and O–H groups in total. The summed E-state index contributed by atoms with van der Waals surface area (Å²) in [5, 5.41) is 68.8. The number of amides is 5. The number of carbonyl (C=O) groups excluding carboxylic acids is 5. The molecule has 3 aliphatic rings. The van der Waals surface area contributed by atoms with E-state index in [0.29, 0.717) is 11.1 Å². The Balaban J connectivity index is 1.48. The third kappa shape index (κ3) is 18.3. The molecular formula is C50H71N7O21. The number of nitrogens with one attached hydrogen (secondary N) is 4. The molecule has 2 aliphatic heterocycles. The van der Waals surface area contributed by atoms with Gasteiger partial charge in [-0.3, -0.25) is 20.2 Å². The van der Waals surface area contributed by atoms with Gasteiger partial charge in [0.25, 0.3) is 11.4 Å². The zero-order valence-corrected chi connectivity index (χ0v) is 45.2. The molecule has 1 saturated heterocycles.